The normalized spacial score (nSPS) is 21.1. The van der Waals surface area contributed by atoms with Crippen LogP contribution in [0.4, 0.5) is 8.78 Å². The molecule has 0 bridgehead atoms. The second-order valence-electron chi connectivity index (χ2n) is 4.02. The quantitative estimate of drug-likeness (QED) is 0.841. The number of nitrogens with one attached hydrogen (secondary N) is 1. The van der Waals surface area contributed by atoms with Crippen molar-refractivity contribution in [3.63, 3.8) is 0 Å². The second-order valence-corrected chi connectivity index (χ2v) is 4.02. The van der Waals surface area contributed by atoms with Gasteiger partial charge >= 0.3 is 0 Å². The van der Waals surface area contributed by atoms with E-state index in [1.165, 1.54) is 18.2 Å². The van der Waals surface area contributed by atoms with E-state index in [0.717, 1.165) is 6.54 Å². The molecule has 1 atom stereocenters. The number of hydrogen-bond donors (Lipinski definition) is 1. The predicted octanol–water partition coefficient (Wildman–Crippen LogP) is 1.26. The smallest absolute Gasteiger partial charge is 0.130 e. The van der Waals surface area contributed by atoms with Crippen molar-refractivity contribution in [2.45, 2.75) is 12.6 Å². The maximum absolute atomic E-state index is 13.5. The molecule has 0 amide bonds. The molecule has 0 spiro atoms. The van der Waals surface area contributed by atoms with Crippen LogP contribution < -0.4 is 5.32 Å². The zero-order chi connectivity index (χ0) is 12.3. The molecule has 1 heterocycles. The number of hydrogen-bond acceptors (Lipinski definition) is 3. The van der Waals surface area contributed by atoms with Gasteiger partial charge in [-0.25, -0.2) is 8.78 Å². The number of nitrogens with zero attached hydrogens (tertiary/aromatic N) is 2. The van der Waals surface area contributed by atoms with Gasteiger partial charge in [0.05, 0.1) is 6.07 Å². The standard InChI is InChI=1S/C12H13F2N3/c13-11-2-1-3-12(14)10(11)8-17-5-4-16-7-9(17)6-15/h1-3,9,16H,4-5,7-8H2. The molecule has 1 aromatic carbocycles. The van der Waals surface area contributed by atoms with Crippen LogP contribution in [-0.2, 0) is 6.54 Å². The molecule has 1 fully saturated rings. The Kier molecular flexibility index (Phi) is 3.67. The molecule has 1 aromatic rings. The summed E-state index contributed by atoms with van der Waals surface area (Å²) in [6.45, 7) is 2.02. The first kappa shape index (κ1) is 12.0. The zero-order valence-corrected chi connectivity index (χ0v) is 9.29. The number of nitriles is 1. The molecule has 0 saturated carbocycles. The van der Waals surface area contributed by atoms with Crippen LogP contribution in [0.3, 0.4) is 0 Å². The number of halogens is 2. The molecule has 0 radical (unpaired) electrons. The van der Waals surface area contributed by atoms with Crippen LogP contribution in [0.2, 0.25) is 0 Å². The summed E-state index contributed by atoms with van der Waals surface area (Å²) in [4.78, 5) is 1.79. The number of rotatable bonds is 2. The Labute approximate surface area is 98.6 Å². The van der Waals surface area contributed by atoms with E-state index in [9.17, 15) is 8.78 Å². The first-order valence-corrected chi connectivity index (χ1v) is 5.49. The van der Waals surface area contributed by atoms with Gasteiger partial charge in [0.1, 0.15) is 17.7 Å². The van der Waals surface area contributed by atoms with Gasteiger partial charge in [0.25, 0.3) is 0 Å². The molecule has 17 heavy (non-hydrogen) atoms. The zero-order valence-electron chi connectivity index (χ0n) is 9.29. The van der Waals surface area contributed by atoms with Crippen molar-refractivity contribution in [3.8, 4) is 6.07 Å². The lowest BCUT2D eigenvalue weighted by Crippen LogP contribution is -2.50. The minimum Gasteiger partial charge on any atom is -0.313 e. The molecule has 1 N–H and O–H groups in total. The van der Waals surface area contributed by atoms with Crippen molar-refractivity contribution in [3.05, 3.63) is 35.4 Å². The maximum Gasteiger partial charge on any atom is 0.130 e. The van der Waals surface area contributed by atoms with Crippen molar-refractivity contribution < 1.29 is 8.78 Å². The maximum atomic E-state index is 13.5. The molecule has 1 aliphatic rings. The Hall–Kier alpha value is -1.51. The van der Waals surface area contributed by atoms with E-state index >= 15 is 0 Å². The van der Waals surface area contributed by atoms with Gasteiger partial charge in [-0.3, -0.25) is 4.90 Å². The Balaban J connectivity index is 2.17. The summed E-state index contributed by atoms with van der Waals surface area (Å²) in [6.07, 6.45) is 0. The molecule has 0 aliphatic carbocycles. The third-order valence-electron chi connectivity index (χ3n) is 2.93. The van der Waals surface area contributed by atoms with Crippen molar-refractivity contribution in [1.82, 2.24) is 10.2 Å². The van der Waals surface area contributed by atoms with E-state index in [2.05, 4.69) is 11.4 Å². The lowest BCUT2D eigenvalue weighted by molar-refractivity contribution is 0.184. The molecule has 0 aromatic heterocycles. The van der Waals surface area contributed by atoms with Crippen LogP contribution >= 0.6 is 0 Å². The highest BCUT2D eigenvalue weighted by atomic mass is 19.1. The molecular weight excluding hydrogens is 224 g/mol. The average Bonchev–Trinajstić information content (AvgIpc) is 2.34. The third-order valence-corrected chi connectivity index (χ3v) is 2.93. The summed E-state index contributed by atoms with van der Waals surface area (Å²) in [5.41, 5.74) is 0.0367. The van der Waals surface area contributed by atoms with Gasteiger partial charge in [-0.05, 0) is 12.1 Å². The molecule has 2 rings (SSSR count). The lowest BCUT2D eigenvalue weighted by Gasteiger charge is -2.31. The monoisotopic (exact) mass is 237 g/mol. The van der Waals surface area contributed by atoms with Crippen molar-refractivity contribution >= 4 is 0 Å². The third kappa shape index (κ3) is 2.60. The fourth-order valence-corrected chi connectivity index (χ4v) is 1.95. The fourth-order valence-electron chi connectivity index (χ4n) is 1.95. The molecule has 5 heteroatoms. The summed E-state index contributed by atoms with van der Waals surface area (Å²) in [7, 11) is 0. The molecular formula is C12H13F2N3. The highest BCUT2D eigenvalue weighted by molar-refractivity contribution is 5.20. The highest BCUT2D eigenvalue weighted by Gasteiger charge is 2.23. The largest absolute Gasteiger partial charge is 0.313 e. The van der Waals surface area contributed by atoms with E-state index in [4.69, 9.17) is 5.26 Å². The molecule has 1 aliphatic heterocycles. The SMILES string of the molecule is N#CC1CNCCN1Cc1c(F)cccc1F. The van der Waals surface area contributed by atoms with Gasteiger partial charge in [-0.15, -0.1) is 0 Å². The molecule has 90 valence electrons. The summed E-state index contributed by atoms with van der Waals surface area (Å²) >= 11 is 0. The summed E-state index contributed by atoms with van der Waals surface area (Å²) < 4.78 is 26.9. The van der Waals surface area contributed by atoms with E-state index < -0.39 is 11.6 Å². The Bertz CT molecular complexity index is 422. The second kappa shape index (κ2) is 5.21. The van der Waals surface area contributed by atoms with E-state index in [1.807, 2.05) is 0 Å². The number of benzene rings is 1. The Morgan fingerprint density at radius 2 is 2.12 bits per heavy atom. The summed E-state index contributed by atoms with van der Waals surface area (Å²) in [6, 6.07) is 5.62. The van der Waals surface area contributed by atoms with Crippen LogP contribution in [0, 0.1) is 23.0 Å². The first-order chi connectivity index (χ1) is 8.22. The van der Waals surface area contributed by atoms with Crippen LogP contribution in [0.25, 0.3) is 0 Å². The summed E-state index contributed by atoms with van der Waals surface area (Å²) in [5.74, 6) is -1.11. The van der Waals surface area contributed by atoms with Crippen LogP contribution in [-0.4, -0.2) is 30.6 Å². The van der Waals surface area contributed by atoms with E-state index in [1.54, 1.807) is 4.90 Å². The minimum atomic E-state index is -0.555. The van der Waals surface area contributed by atoms with Crippen LogP contribution in [0.5, 0.6) is 0 Å². The number of piperazine rings is 1. The van der Waals surface area contributed by atoms with Crippen LogP contribution in [0.15, 0.2) is 18.2 Å². The summed E-state index contributed by atoms with van der Waals surface area (Å²) in [5, 5.41) is 12.0. The van der Waals surface area contributed by atoms with Gasteiger partial charge < -0.3 is 5.32 Å². The topological polar surface area (TPSA) is 39.1 Å². The Morgan fingerprint density at radius 3 is 2.76 bits per heavy atom. The van der Waals surface area contributed by atoms with Gasteiger partial charge in [0.15, 0.2) is 0 Å². The Morgan fingerprint density at radius 1 is 1.41 bits per heavy atom. The average molecular weight is 237 g/mol. The highest BCUT2D eigenvalue weighted by Crippen LogP contribution is 2.16. The van der Waals surface area contributed by atoms with Gasteiger partial charge in [0, 0.05) is 31.7 Å². The fraction of sp³-hybridized carbons (Fsp3) is 0.417. The van der Waals surface area contributed by atoms with Crippen molar-refractivity contribution in [1.29, 1.82) is 5.26 Å². The van der Waals surface area contributed by atoms with Crippen molar-refractivity contribution in [2.24, 2.45) is 0 Å². The van der Waals surface area contributed by atoms with Crippen molar-refractivity contribution in [2.75, 3.05) is 19.6 Å². The lowest BCUT2D eigenvalue weighted by atomic mass is 10.1. The van der Waals surface area contributed by atoms with Gasteiger partial charge in [0.2, 0.25) is 0 Å². The first-order valence-electron chi connectivity index (χ1n) is 5.49. The van der Waals surface area contributed by atoms with E-state index in [-0.39, 0.29) is 18.2 Å². The molecule has 3 nitrogen and oxygen atoms in total. The van der Waals surface area contributed by atoms with E-state index in [0.29, 0.717) is 13.1 Å². The van der Waals surface area contributed by atoms with Gasteiger partial charge in [-0.1, -0.05) is 6.07 Å². The van der Waals surface area contributed by atoms with Gasteiger partial charge in [-0.2, -0.15) is 5.26 Å². The molecule has 1 saturated heterocycles. The molecule has 1 unspecified atom stereocenters. The minimum absolute atomic E-state index is 0.0367. The predicted molar refractivity (Wildman–Crippen MR) is 59.0 cm³/mol. The van der Waals surface area contributed by atoms with Crippen LogP contribution in [0.1, 0.15) is 5.56 Å².